The minimum absolute atomic E-state index is 0.802. The average Bonchev–Trinajstić information content (AvgIpc) is 2.27. The number of fused-ring (bicyclic) bond motifs is 1. The number of nitrogens with zero attached hydrogens (tertiary/aromatic N) is 2. The number of hydrogen-bond acceptors (Lipinski definition) is 2. The molecule has 2 unspecified atom stereocenters. The smallest absolute Gasteiger partial charge is 0.0215 e. The number of likely N-dealkylation sites (tertiary alicyclic amines) is 2. The van der Waals surface area contributed by atoms with Crippen molar-refractivity contribution in [1.29, 1.82) is 0 Å². The van der Waals surface area contributed by atoms with E-state index in [9.17, 15) is 0 Å². The Bertz CT molecular complexity index is 237. The van der Waals surface area contributed by atoms with Crippen LogP contribution in [0.4, 0.5) is 0 Å². The first-order chi connectivity index (χ1) is 7.69. The van der Waals surface area contributed by atoms with Gasteiger partial charge in [-0.25, -0.2) is 0 Å². The van der Waals surface area contributed by atoms with Gasteiger partial charge >= 0.3 is 0 Å². The van der Waals surface area contributed by atoms with E-state index in [1.54, 1.807) is 0 Å². The van der Waals surface area contributed by atoms with E-state index in [-0.39, 0.29) is 0 Å². The molecule has 2 fully saturated rings. The molecule has 0 bridgehead atoms. The molecule has 2 aliphatic rings. The maximum Gasteiger partial charge on any atom is 0.0215 e. The van der Waals surface area contributed by atoms with E-state index in [0.29, 0.717) is 0 Å². The molecule has 92 valence electrons. The first kappa shape index (κ1) is 12.0. The highest BCUT2D eigenvalue weighted by Gasteiger charge is 2.33. The minimum atomic E-state index is 0.802. The van der Waals surface area contributed by atoms with Crippen molar-refractivity contribution >= 4 is 0 Å². The molecule has 2 nitrogen and oxygen atoms in total. The van der Waals surface area contributed by atoms with Crippen LogP contribution in [0.1, 0.15) is 26.7 Å². The van der Waals surface area contributed by atoms with Gasteiger partial charge in [-0.05, 0) is 43.3 Å². The van der Waals surface area contributed by atoms with Gasteiger partial charge in [0.05, 0.1) is 0 Å². The Balaban J connectivity index is 1.88. The highest BCUT2D eigenvalue weighted by atomic mass is 15.2. The fraction of sp³-hybridized carbons (Fsp3) is 0.857. The van der Waals surface area contributed by atoms with Gasteiger partial charge in [0.15, 0.2) is 0 Å². The summed E-state index contributed by atoms with van der Waals surface area (Å²) < 4.78 is 0. The Morgan fingerprint density at radius 1 is 1.19 bits per heavy atom. The zero-order valence-electron chi connectivity index (χ0n) is 10.9. The standard InChI is InChI=1S/C14H26N2/c1-4-15-7-5-13-6-8-16(9-12(2)3)11-14(13)10-15/h4,12-14H,1,5-11H2,2-3H3. The van der Waals surface area contributed by atoms with E-state index in [1.165, 1.54) is 45.6 Å². The van der Waals surface area contributed by atoms with Gasteiger partial charge in [-0.3, -0.25) is 0 Å². The van der Waals surface area contributed by atoms with Crippen LogP contribution in [0, 0.1) is 17.8 Å². The molecular weight excluding hydrogens is 196 g/mol. The van der Waals surface area contributed by atoms with Crippen LogP contribution in [0.3, 0.4) is 0 Å². The van der Waals surface area contributed by atoms with Crippen LogP contribution in [0.2, 0.25) is 0 Å². The number of hydrogen-bond donors (Lipinski definition) is 0. The van der Waals surface area contributed by atoms with Crippen LogP contribution in [-0.4, -0.2) is 42.5 Å². The Kier molecular flexibility index (Phi) is 3.91. The summed E-state index contributed by atoms with van der Waals surface area (Å²) in [5.41, 5.74) is 0. The first-order valence-electron chi connectivity index (χ1n) is 6.78. The molecule has 16 heavy (non-hydrogen) atoms. The van der Waals surface area contributed by atoms with Crippen LogP contribution in [0.15, 0.2) is 12.8 Å². The molecule has 2 heterocycles. The zero-order chi connectivity index (χ0) is 11.5. The maximum atomic E-state index is 3.90. The van der Waals surface area contributed by atoms with Crippen LogP contribution >= 0.6 is 0 Å². The van der Waals surface area contributed by atoms with Gasteiger partial charge in [0.2, 0.25) is 0 Å². The van der Waals surface area contributed by atoms with Crippen molar-refractivity contribution in [3.63, 3.8) is 0 Å². The topological polar surface area (TPSA) is 6.48 Å². The molecule has 2 rings (SSSR count). The summed E-state index contributed by atoms with van der Waals surface area (Å²) in [6.07, 6.45) is 4.83. The van der Waals surface area contributed by atoms with Crippen LogP contribution in [-0.2, 0) is 0 Å². The van der Waals surface area contributed by atoms with Gasteiger partial charge in [-0.15, -0.1) is 0 Å². The first-order valence-corrected chi connectivity index (χ1v) is 6.78. The lowest BCUT2D eigenvalue weighted by Crippen LogP contribution is -2.49. The maximum absolute atomic E-state index is 3.90. The Morgan fingerprint density at radius 3 is 2.62 bits per heavy atom. The van der Waals surface area contributed by atoms with E-state index in [1.807, 2.05) is 6.20 Å². The van der Waals surface area contributed by atoms with Crippen LogP contribution in [0.5, 0.6) is 0 Å². The summed E-state index contributed by atoms with van der Waals surface area (Å²) in [7, 11) is 0. The molecule has 2 atom stereocenters. The van der Waals surface area contributed by atoms with Gasteiger partial charge in [-0.1, -0.05) is 20.4 Å². The fourth-order valence-electron chi connectivity index (χ4n) is 3.32. The lowest BCUT2D eigenvalue weighted by atomic mass is 9.80. The second-order valence-corrected chi connectivity index (χ2v) is 5.93. The molecule has 0 saturated carbocycles. The second-order valence-electron chi connectivity index (χ2n) is 5.93. The van der Waals surface area contributed by atoms with Gasteiger partial charge < -0.3 is 9.80 Å². The predicted octanol–water partition coefficient (Wildman–Crippen LogP) is 2.43. The third-order valence-corrected chi connectivity index (χ3v) is 4.11. The van der Waals surface area contributed by atoms with Crippen molar-refractivity contribution in [2.24, 2.45) is 17.8 Å². The van der Waals surface area contributed by atoms with Crippen molar-refractivity contribution in [3.05, 3.63) is 12.8 Å². The Morgan fingerprint density at radius 2 is 1.94 bits per heavy atom. The minimum Gasteiger partial charge on any atom is -0.378 e. The van der Waals surface area contributed by atoms with Crippen molar-refractivity contribution in [3.8, 4) is 0 Å². The molecule has 0 N–H and O–H groups in total. The van der Waals surface area contributed by atoms with Crippen LogP contribution in [0.25, 0.3) is 0 Å². The molecule has 0 radical (unpaired) electrons. The second kappa shape index (κ2) is 5.22. The SMILES string of the molecule is C=CN1CCC2CCN(CC(C)C)CC2C1. The lowest BCUT2D eigenvalue weighted by molar-refractivity contribution is 0.0544. The molecule has 0 aromatic carbocycles. The van der Waals surface area contributed by atoms with E-state index in [4.69, 9.17) is 0 Å². The zero-order valence-corrected chi connectivity index (χ0v) is 10.9. The van der Waals surface area contributed by atoms with Crippen molar-refractivity contribution in [2.75, 3.05) is 32.7 Å². The lowest BCUT2D eigenvalue weighted by Gasteiger charge is -2.45. The normalized spacial score (nSPS) is 31.6. The molecule has 0 amide bonds. The van der Waals surface area contributed by atoms with Crippen LogP contribution < -0.4 is 0 Å². The van der Waals surface area contributed by atoms with E-state index >= 15 is 0 Å². The summed E-state index contributed by atoms with van der Waals surface area (Å²) in [5.74, 6) is 2.68. The van der Waals surface area contributed by atoms with Gasteiger partial charge in [-0.2, -0.15) is 0 Å². The third-order valence-electron chi connectivity index (χ3n) is 4.11. The van der Waals surface area contributed by atoms with E-state index in [0.717, 1.165) is 17.8 Å². The van der Waals surface area contributed by atoms with E-state index < -0.39 is 0 Å². The Hall–Kier alpha value is -0.500. The molecule has 2 aliphatic heterocycles. The Labute approximate surface area is 100 Å². The molecule has 0 aromatic rings. The molecule has 0 spiro atoms. The summed E-state index contributed by atoms with van der Waals surface area (Å²) in [5, 5.41) is 0. The highest BCUT2D eigenvalue weighted by molar-refractivity contribution is 4.89. The van der Waals surface area contributed by atoms with Gasteiger partial charge in [0.1, 0.15) is 0 Å². The molecule has 0 aromatic heterocycles. The monoisotopic (exact) mass is 222 g/mol. The quantitative estimate of drug-likeness (QED) is 0.723. The molecule has 0 aliphatic carbocycles. The highest BCUT2D eigenvalue weighted by Crippen LogP contribution is 2.31. The number of piperidine rings is 2. The average molecular weight is 222 g/mol. The van der Waals surface area contributed by atoms with Crippen molar-refractivity contribution in [2.45, 2.75) is 26.7 Å². The summed E-state index contributed by atoms with van der Waals surface area (Å²) in [6.45, 7) is 14.9. The summed E-state index contributed by atoms with van der Waals surface area (Å²) in [6, 6.07) is 0. The predicted molar refractivity (Wildman–Crippen MR) is 69.3 cm³/mol. The summed E-state index contributed by atoms with van der Waals surface area (Å²) >= 11 is 0. The molecule has 2 heteroatoms. The fourth-order valence-corrected chi connectivity index (χ4v) is 3.32. The molecular formula is C14H26N2. The third kappa shape index (κ3) is 2.79. The molecule has 2 saturated heterocycles. The van der Waals surface area contributed by atoms with Crippen molar-refractivity contribution < 1.29 is 0 Å². The number of rotatable bonds is 3. The van der Waals surface area contributed by atoms with E-state index in [2.05, 4.69) is 30.2 Å². The van der Waals surface area contributed by atoms with Gasteiger partial charge in [0.25, 0.3) is 0 Å². The largest absolute Gasteiger partial charge is 0.378 e. The summed E-state index contributed by atoms with van der Waals surface area (Å²) in [4.78, 5) is 5.07. The van der Waals surface area contributed by atoms with Crippen molar-refractivity contribution in [1.82, 2.24) is 9.80 Å². The van der Waals surface area contributed by atoms with Gasteiger partial charge in [0, 0.05) is 26.2 Å².